The van der Waals surface area contributed by atoms with Crippen molar-refractivity contribution in [2.24, 2.45) is 0 Å². The quantitative estimate of drug-likeness (QED) is 0.847. The minimum absolute atomic E-state index is 0.186. The van der Waals surface area contributed by atoms with E-state index in [9.17, 15) is 14.0 Å². The molecule has 0 saturated heterocycles. The second-order valence-corrected chi connectivity index (χ2v) is 5.07. The third-order valence-corrected chi connectivity index (χ3v) is 3.63. The van der Waals surface area contributed by atoms with E-state index in [1.54, 1.807) is 13.8 Å². The van der Waals surface area contributed by atoms with Gasteiger partial charge in [-0.2, -0.15) is 0 Å². The molecular formula is C14H17ClFNO3. The predicted molar refractivity (Wildman–Crippen MR) is 74.4 cm³/mol. The Hall–Kier alpha value is -1.62. The number of halogens is 2. The van der Waals surface area contributed by atoms with Crippen LogP contribution in [0.15, 0.2) is 18.2 Å². The van der Waals surface area contributed by atoms with Gasteiger partial charge in [0.2, 0.25) is 0 Å². The fourth-order valence-electron chi connectivity index (χ4n) is 1.99. The standard InChI is InChI=1S/C14H17ClFNO3/c1-3-14(4-2,8-12(18)19)17-13(20)10-7-9(15)5-6-11(10)16/h5-7H,3-4,8H2,1-2H3,(H,17,20)(H,18,19). The maximum Gasteiger partial charge on any atom is 0.305 e. The maximum atomic E-state index is 13.6. The summed E-state index contributed by atoms with van der Waals surface area (Å²) in [6, 6.07) is 3.68. The monoisotopic (exact) mass is 301 g/mol. The summed E-state index contributed by atoms with van der Waals surface area (Å²) in [6.45, 7) is 3.56. The van der Waals surface area contributed by atoms with Crippen LogP contribution in [-0.4, -0.2) is 22.5 Å². The number of nitrogens with one attached hydrogen (secondary N) is 1. The van der Waals surface area contributed by atoms with Crippen LogP contribution in [0.2, 0.25) is 5.02 Å². The zero-order chi connectivity index (χ0) is 15.3. The largest absolute Gasteiger partial charge is 0.481 e. The van der Waals surface area contributed by atoms with Gasteiger partial charge in [0.25, 0.3) is 5.91 Å². The molecule has 6 heteroatoms. The zero-order valence-corrected chi connectivity index (χ0v) is 12.1. The Labute approximate surface area is 121 Å². The van der Waals surface area contributed by atoms with Gasteiger partial charge in [0, 0.05) is 5.02 Å². The summed E-state index contributed by atoms with van der Waals surface area (Å²) >= 11 is 5.74. The summed E-state index contributed by atoms with van der Waals surface area (Å²) < 4.78 is 13.6. The minimum atomic E-state index is -1.01. The minimum Gasteiger partial charge on any atom is -0.481 e. The van der Waals surface area contributed by atoms with Crippen LogP contribution < -0.4 is 5.32 Å². The summed E-state index contributed by atoms with van der Waals surface area (Å²) in [7, 11) is 0. The lowest BCUT2D eigenvalue weighted by atomic mass is 9.88. The highest BCUT2D eigenvalue weighted by molar-refractivity contribution is 6.31. The number of carbonyl (C=O) groups is 2. The first-order chi connectivity index (χ1) is 9.33. The second-order valence-electron chi connectivity index (χ2n) is 4.64. The van der Waals surface area contributed by atoms with Gasteiger partial charge < -0.3 is 10.4 Å². The Balaban J connectivity index is 3.02. The van der Waals surface area contributed by atoms with E-state index in [0.29, 0.717) is 12.8 Å². The van der Waals surface area contributed by atoms with E-state index in [0.717, 1.165) is 6.07 Å². The molecule has 1 aromatic rings. The van der Waals surface area contributed by atoms with Crippen molar-refractivity contribution >= 4 is 23.5 Å². The van der Waals surface area contributed by atoms with Crippen molar-refractivity contribution in [1.82, 2.24) is 5.32 Å². The maximum absolute atomic E-state index is 13.6. The van der Waals surface area contributed by atoms with E-state index in [4.69, 9.17) is 16.7 Å². The average Bonchev–Trinajstić information content (AvgIpc) is 2.40. The molecule has 1 rings (SSSR count). The van der Waals surface area contributed by atoms with Gasteiger partial charge in [-0.15, -0.1) is 0 Å². The average molecular weight is 302 g/mol. The highest BCUT2D eigenvalue weighted by Crippen LogP contribution is 2.22. The van der Waals surface area contributed by atoms with Gasteiger partial charge >= 0.3 is 5.97 Å². The first-order valence-electron chi connectivity index (χ1n) is 6.33. The van der Waals surface area contributed by atoms with Crippen molar-refractivity contribution in [1.29, 1.82) is 0 Å². The smallest absolute Gasteiger partial charge is 0.305 e. The van der Waals surface area contributed by atoms with Crippen LogP contribution in [0.4, 0.5) is 4.39 Å². The number of hydrogen-bond donors (Lipinski definition) is 2. The molecule has 1 aromatic carbocycles. The molecule has 0 aliphatic heterocycles. The number of amides is 1. The molecule has 0 saturated carbocycles. The van der Waals surface area contributed by atoms with E-state index in [-0.39, 0.29) is 17.0 Å². The molecule has 0 radical (unpaired) electrons. The van der Waals surface area contributed by atoms with Gasteiger partial charge in [-0.25, -0.2) is 4.39 Å². The van der Waals surface area contributed by atoms with Crippen molar-refractivity contribution in [2.45, 2.75) is 38.6 Å². The lowest BCUT2D eigenvalue weighted by Crippen LogP contribution is -2.49. The SMILES string of the molecule is CCC(CC)(CC(=O)O)NC(=O)c1cc(Cl)ccc1F. The molecule has 0 aromatic heterocycles. The van der Waals surface area contributed by atoms with E-state index >= 15 is 0 Å². The third kappa shape index (κ3) is 3.93. The summed E-state index contributed by atoms with van der Waals surface area (Å²) in [5.41, 5.74) is -1.08. The summed E-state index contributed by atoms with van der Waals surface area (Å²) in [5, 5.41) is 11.8. The van der Waals surface area contributed by atoms with Gasteiger partial charge in [0.05, 0.1) is 17.5 Å². The Morgan fingerprint density at radius 3 is 2.45 bits per heavy atom. The van der Waals surface area contributed by atoms with E-state index in [1.165, 1.54) is 12.1 Å². The highest BCUT2D eigenvalue weighted by Gasteiger charge is 2.31. The molecule has 0 spiro atoms. The molecule has 4 nitrogen and oxygen atoms in total. The molecule has 0 unspecified atom stereocenters. The van der Waals surface area contributed by atoms with E-state index in [2.05, 4.69) is 5.32 Å². The lowest BCUT2D eigenvalue weighted by Gasteiger charge is -2.31. The number of benzene rings is 1. The molecule has 1 amide bonds. The molecular weight excluding hydrogens is 285 g/mol. The summed E-state index contributed by atoms with van der Waals surface area (Å²) in [4.78, 5) is 23.1. The lowest BCUT2D eigenvalue weighted by molar-refractivity contribution is -0.138. The van der Waals surface area contributed by atoms with Gasteiger partial charge in [-0.3, -0.25) is 9.59 Å². The summed E-state index contributed by atoms with van der Waals surface area (Å²) in [6.07, 6.45) is 0.654. The molecule has 110 valence electrons. The van der Waals surface area contributed by atoms with Crippen LogP contribution in [0.25, 0.3) is 0 Å². The fourth-order valence-corrected chi connectivity index (χ4v) is 2.16. The third-order valence-electron chi connectivity index (χ3n) is 3.39. The summed E-state index contributed by atoms with van der Waals surface area (Å²) in [5.74, 6) is -2.36. The normalized spacial score (nSPS) is 11.2. The molecule has 0 heterocycles. The van der Waals surface area contributed by atoms with E-state index < -0.39 is 23.2 Å². The molecule has 0 aliphatic rings. The van der Waals surface area contributed by atoms with Gasteiger partial charge in [0.1, 0.15) is 5.82 Å². The Morgan fingerprint density at radius 1 is 1.35 bits per heavy atom. The van der Waals surface area contributed by atoms with Gasteiger partial charge in [-0.05, 0) is 31.0 Å². The molecule has 0 bridgehead atoms. The molecule has 0 aliphatic carbocycles. The van der Waals surface area contributed by atoms with Crippen LogP contribution in [0.1, 0.15) is 43.5 Å². The first kappa shape index (κ1) is 16.4. The molecule has 0 atom stereocenters. The Morgan fingerprint density at radius 2 is 1.95 bits per heavy atom. The predicted octanol–water partition coefficient (Wildman–Crippen LogP) is 3.24. The van der Waals surface area contributed by atoms with Crippen LogP contribution in [0, 0.1) is 5.82 Å². The van der Waals surface area contributed by atoms with Gasteiger partial charge in [0.15, 0.2) is 0 Å². The van der Waals surface area contributed by atoms with Crippen molar-refractivity contribution in [3.63, 3.8) is 0 Å². The van der Waals surface area contributed by atoms with Gasteiger partial charge in [-0.1, -0.05) is 25.4 Å². The first-order valence-corrected chi connectivity index (χ1v) is 6.70. The van der Waals surface area contributed by atoms with Crippen LogP contribution in [-0.2, 0) is 4.79 Å². The Bertz CT molecular complexity index is 515. The van der Waals surface area contributed by atoms with Crippen molar-refractivity contribution in [3.8, 4) is 0 Å². The van der Waals surface area contributed by atoms with Crippen molar-refractivity contribution in [3.05, 3.63) is 34.6 Å². The Kier molecular flexibility index (Phi) is 5.51. The van der Waals surface area contributed by atoms with Crippen LogP contribution in [0.5, 0.6) is 0 Å². The van der Waals surface area contributed by atoms with Crippen LogP contribution >= 0.6 is 11.6 Å². The number of aliphatic carboxylic acids is 1. The fraction of sp³-hybridized carbons (Fsp3) is 0.429. The number of carbonyl (C=O) groups excluding carboxylic acids is 1. The topological polar surface area (TPSA) is 66.4 Å². The number of carboxylic acid groups (broad SMARTS) is 1. The number of carboxylic acids is 1. The van der Waals surface area contributed by atoms with Crippen molar-refractivity contribution in [2.75, 3.05) is 0 Å². The second kappa shape index (κ2) is 6.70. The highest BCUT2D eigenvalue weighted by atomic mass is 35.5. The number of rotatable bonds is 6. The molecule has 20 heavy (non-hydrogen) atoms. The molecule has 0 fully saturated rings. The zero-order valence-electron chi connectivity index (χ0n) is 11.4. The van der Waals surface area contributed by atoms with Crippen molar-refractivity contribution < 1.29 is 19.1 Å². The van der Waals surface area contributed by atoms with Crippen LogP contribution in [0.3, 0.4) is 0 Å². The number of hydrogen-bond acceptors (Lipinski definition) is 2. The van der Waals surface area contributed by atoms with E-state index in [1.807, 2.05) is 0 Å². The molecule has 2 N–H and O–H groups in total.